The number of nitrogens with one attached hydrogen (secondary N) is 1. The molecule has 4 heteroatoms. The van der Waals surface area contributed by atoms with Gasteiger partial charge in [-0.05, 0) is 12.1 Å². The molecule has 0 aliphatic heterocycles. The van der Waals surface area contributed by atoms with Crippen LogP contribution in [-0.2, 0) is 4.79 Å². The summed E-state index contributed by atoms with van der Waals surface area (Å²) in [5, 5.41) is 7.03. The first kappa shape index (κ1) is 6.54. The van der Waals surface area contributed by atoms with Gasteiger partial charge in [0.1, 0.15) is 0 Å². The van der Waals surface area contributed by atoms with Crippen molar-refractivity contribution in [3.63, 3.8) is 0 Å². The molecule has 0 aromatic carbocycles. The Hall–Kier alpha value is -1.58. The van der Waals surface area contributed by atoms with Crippen LogP contribution in [0.15, 0.2) is 22.8 Å². The van der Waals surface area contributed by atoms with Gasteiger partial charge in [-0.2, -0.15) is 0 Å². The van der Waals surface area contributed by atoms with E-state index < -0.39 is 5.91 Å². The Morgan fingerprint density at radius 2 is 2.40 bits per heavy atom. The predicted molar refractivity (Wildman–Crippen MR) is 34.7 cm³/mol. The maximum Gasteiger partial charge on any atom is 0.270 e. The molecule has 1 heterocycles. The van der Waals surface area contributed by atoms with E-state index in [2.05, 4.69) is 0 Å². The highest BCUT2D eigenvalue weighted by molar-refractivity contribution is 6.42. The number of amides is 1. The van der Waals surface area contributed by atoms with Gasteiger partial charge < -0.3 is 10.2 Å². The van der Waals surface area contributed by atoms with Gasteiger partial charge in [0.05, 0.1) is 6.26 Å². The smallest absolute Gasteiger partial charge is 0.270 e. The van der Waals surface area contributed by atoms with E-state index in [9.17, 15) is 4.79 Å². The Bertz CT molecular complexity index is 251. The molecule has 3 N–H and O–H groups in total. The van der Waals surface area contributed by atoms with Crippen molar-refractivity contribution < 1.29 is 9.21 Å². The molecule has 1 aromatic rings. The maximum atomic E-state index is 10.3. The molecule has 1 aromatic heterocycles. The van der Waals surface area contributed by atoms with E-state index in [0.29, 0.717) is 0 Å². The van der Waals surface area contributed by atoms with Gasteiger partial charge >= 0.3 is 0 Å². The van der Waals surface area contributed by atoms with Gasteiger partial charge in [0.25, 0.3) is 5.91 Å². The SMILES string of the molecule is N=C(C(N)=O)c1ccco1. The number of nitrogens with two attached hydrogens (primary N) is 1. The molecular formula is C6H6N2O2. The van der Waals surface area contributed by atoms with Crippen molar-refractivity contribution in [1.82, 2.24) is 0 Å². The normalized spacial score (nSPS) is 9.20. The zero-order valence-electron chi connectivity index (χ0n) is 5.13. The van der Waals surface area contributed by atoms with Crippen molar-refractivity contribution in [3.8, 4) is 0 Å². The van der Waals surface area contributed by atoms with Gasteiger partial charge in [0, 0.05) is 0 Å². The van der Waals surface area contributed by atoms with Gasteiger partial charge in [0.15, 0.2) is 11.5 Å². The molecule has 0 bridgehead atoms. The highest BCUT2D eigenvalue weighted by Crippen LogP contribution is 1.99. The lowest BCUT2D eigenvalue weighted by atomic mass is 10.3. The minimum atomic E-state index is -0.782. The van der Waals surface area contributed by atoms with Crippen LogP contribution in [0.2, 0.25) is 0 Å². The van der Waals surface area contributed by atoms with Crippen LogP contribution in [0.1, 0.15) is 5.76 Å². The molecular weight excluding hydrogens is 132 g/mol. The van der Waals surface area contributed by atoms with E-state index in [1.54, 1.807) is 6.07 Å². The molecule has 0 aliphatic rings. The molecule has 0 unspecified atom stereocenters. The van der Waals surface area contributed by atoms with Crippen molar-refractivity contribution in [2.24, 2.45) is 5.73 Å². The first-order valence-electron chi connectivity index (χ1n) is 2.64. The van der Waals surface area contributed by atoms with Crippen LogP contribution >= 0.6 is 0 Å². The van der Waals surface area contributed by atoms with Crippen molar-refractivity contribution in [1.29, 1.82) is 5.41 Å². The number of furan rings is 1. The predicted octanol–water partition coefficient (Wildman–Crippen LogP) is 0.133. The van der Waals surface area contributed by atoms with Crippen LogP contribution in [0, 0.1) is 5.41 Å². The van der Waals surface area contributed by atoms with Crippen LogP contribution in [0.3, 0.4) is 0 Å². The summed E-state index contributed by atoms with van der Waals surface area (Å²) in [5.74, 6) is -0.581. The number of rotatable bonds is 2. The molecule has 1 amide bonds. The molecule has 10 heavy (non-hydrogen) atoms. The van der Waals surface area contributed by atoms with Crippen LogP contribution in [0.25, 0.3) is 0 Å². The van der Waals surface area contributed by atoms with Crippen molar-refractivity contribution in [2.45, 2.75) is 0 Å². The third kappa shape index (κ3) is 1.05. The molecule has 1 rings (SSSR count). The third-order valence-electron chi connectivity index (χ3n) is 1.01. The fourth-order valence-electron chi connectivity index (χ4n) is 0.542. The van der Waals surface area contributed by atoms with Crippen LogP contribution < -0.4 is 5.73 Å². The van der Waals surface area contributed by atoms with E-state index in [1.807, 2.05) is 0 Å². The largest absolute Gasteiger partial charge is 0.463 e. The monoisotopic (exact) mass is 138 g/mol. The van der Waals surface area contributed by atoms with E-state index >= 15 is 0 Å². The molecule has 0 saturated carbocycles. The van der Waals surface area contributed by atoms with Crippen LogP contribution in [0.4, 0.5) is 0 Å². The van der Waals surface area contributed by atoms with Crippen molar-refractivity contribution in [3.05, 3.63) is 24.2 Å². The Morgan fingerprint density at radius 1 is 1.70 bits per heavy atom. The van der Waals surface area contributed by atoms with E-state index in [-0.39, 0.29) is 11.5 Å². The maximum absolute atomic E-state index is 10.3. The first-order valence-corrected chi connectivity index (χ1v) is 2.64. The topological polar surface area (TPSA) is 80.1 Å². The minimum absolute atomic E-state index is 0.201. The van der Waals surface area contributed by atoms with Gasteiger partial charge in [-0.1, -0.05) is 0 Å². The quantitative estimate of drug-likeness (QED) is 0.569. The number of hydrogen-bond donors (Lipinski definition) is 2. The Balaban J connectivity index is 2.88. The van der Waals surface area contributed by atoms with E-state index in [4.69, 9.17) is 15.6 Å². The number of carbonyl (C=O) groups is 1. The standard InChI is InChI=1S/C6H6N2O2/c7-5(6(8)9)4-2-1-3-10-4/h1-3,7H,(H2,8,9). The van der Waals surface area contributed by atoms with Gasteiger partial charge in [-0.3, -0.25) is 10.2 Å². The van der Waals surface area contributed by atoms with E-state index in [0.717, 1.165) is 0 Å². The summed E-state index contributed by atoms with van der Waals surface area (Å²) < 4.78 is 4.73. The number of primary amides is 1. The summed E-state index contributed by atoms with van der Waals surface area (Å²) in [5.41, 5.74) is 4.50. The molecule has 0 atom stereocenters. The Labute approximate surface area is 57.1 Å². The van der Waals surface area contributed by atoms with Crippen LogP contribution in [0.5, 0.6) is 0 Å². The molecule has 0 spiro atoms. The second kappa shape index (κ2) is 2.34. The van der Waals surface area contributed by atoms with Crippen LogP contribution in [-0.4, -0.2) is 11.6 Å². The summed E-state index contributed by atoms with van der Waals surface area (Å²) in [7, 11) is 0. The molecule has 0 aliphatic carbocycles. The Morgan fingerprint density at radius 3 is 2.80 bits per heavy atom. The molecule has 0 fully saturated rings. The summed E-state index contributed by atoms with van der Waals surface area (Å²) in [6.07, 6.45) is 1.38. The molecule has 4 nitrogen and oxygen atoms in total. The third-order valence-corrected chi connectivity index (χ3v) is 1.01. The zero-order chi connectivity index (χ0) is 7.56. The molecule has 0 radical (unpaired) electrons. The summed E-state index contributed by atoms with van der Waals surface area (Å²) in [4.78, 5) is 10.3. The fraction of sp³-hybridized carbons (Fsp3) is 0. The van der Waals surface area contributed by atoms with E-state index in [1.165, 1.54) is 12.3 Å². The van der Waals surface area contributed by atoms with Crippen molar-refractivity contribution in [2.75, 3.05) is 0 Å². The average Bonchev–Trinajstić information content (AvgIpc) is 2.36. The number of hydrogen-bond acceptors (Lipinski definition) is 3. The lowest BCUT2D eigenvalue weighted by molar-refractivity contribution is -0.112. The summed E-state index contributed by atoms with van der Waals surface area (Å²) >= 11 is 0. The Kier molecular flexibility index (Phi) is 1.53. The second-order valence-electron chi connectivity index (χ2n) is 1.72. The first-order chi connectivity index (χ1) is 4.72. The van der Waals surface area contributed by atoms with Crippen molar-refractivity contribution >= 4 is 11.6 Å². The highest BCUT2D eigenvalue weighted by atomic mass is 16.3. The fourth-order valence-corrected chi connectivity index (χ4v) is 0.542. The average molecular weight is 138 g/mol. The zero-order valence-corrected chi connectivity index (χ0v) is 5.13. The molecule has 52 valence electrons. The van der Waals surface area contributed by atoms with Gasteiger partial charge in [-0.25, -0.2) is 0 Å². The van der Waals surface area contributed by atoms with Gasteiger partial charge in [-0.15, -0.1) is 0 Å². The second-order valence-corrected chi connectivity index (χ2v) is 1.72. The number of carbonyl (C=O) groups excluding carboxylic acids is 1. The summed E-state index contributed by atoms with van der Waals surface area (Å²) in [6.45, 7) is 0. The minimum Gasteiger partial charge on any atom is -0.463 e. The lowest BCUT2D eigenvalue weighted by Crippen LogP contribution is -2.22. The highest BCUT2D eigenvalue weighted by Gasteiger charge is 2.08. The van der Waals surface area contributed by atoms with Gasteiger partial charge in [0.2, 0.25) is 0 Å². The lowest BCUT2D eigenvalue weighted by Gasteiger charge is -1.90. The molecule has 0 saturated heterocycles. The summed E-state index contributed by atoms with van der Waals surface area (Å²) in [6, 6.07) is 3.10.